The van der Waals surface area contributed by atoms with Gasteiger partial charge in [-0.2, -0.15) is 0 Å². The zero-order valence-corrected chi connectivity index (χ0v) is 28.0. The molecule has 4 heteroatoms. The molecular formula is C47H32N4. The van der Waals surface area contributed by atoms with Crippen LogP contribution in [0, 0.1) is 6.92 Å². The predicted octanol–water partition coefficient (Wildman–Crippen LogP) is 12.0. The smallest absolute Gasteiger partial charge is 0.235 e. The van der Waals surface area contributed by atoms with E-state index in [1.165, 1.54) is 38.1 Å². The van der Waals surface area contributed by atoms with Crippen molar-refractivity contribution in [1.82, 2.24) is 19.1 Å². The Morgan fingerprint density at radius 1 is 0.353 bits per heavy atom. The number of nitrogens with zero attached hydrogens (tertiary/aromatic N) is 4. The topological polar surface area (TPSA) is 35.6 Å². The highest BCUT2D eigenvalue weighted by atomic mass is 15.2. The molecule has 0 amide bonds. The molecule has 0 unspecified atom stereocenters. The van der Waals surface area contributed by atoms with Gasteiger partial charge in [-0.15, -0.1) is 0 Å². The van der Waals surface area contributed by atoms with Gasteiger partial charge < -0.3 is 4.57 Å². The summed E-state index contributed by atoms with van der Waals surface area (Å²) in [6.45, 7) is 2.13. The van der Waals surface area contributed by atoms with E-state index < -0.39 is 0 Å². The van der Waals surface area contributed by atoms with Crippen molar-refractivity contribution in [3.63, 3.8) is 0 Å². The van der Waals surface area contributed by atoms with Crippen molar-refractivity contribution in [2.24, 2.45) is 0 Å². The summed E-state index contributed by atoms with van der Waals surface area (Å²) < 4.78 is 4.60. The van der Waals surface area contributed by atoms with Gasteiger partial charge in [-0.3, -0.25) is 4.57 Å². The summed E-state index contributed by atoms with van der Waals surface area (Å²) in [4.78, 5) is 10.5. The van der Waals surface area contributed by atoms with Crippen LogP contribution in [-0.4, -0.2) is 19.1 Å². The van der Waals surface area contributed by atoms with Gasteiger partial charge in [0.2, 0.25) is 5.95 Å². The van der Waals surface area contributed by atoms with E-state index in [1.807, 2.05) is 12.1 Å². The number of benzene rings is 7. The second kappa shape index (κ2) is 11.7. The van der Waals surface area contributed by atoms with Crippen LogP contribution in [0.2, 0.25) is 0 Å². The van der Waals surface area contributed by atoms with E-state index in [9.17, 15) is 0 Å². The first kappa shape index (κ1) is 29.2. The lowest BCUT2D eigenvalue weighted by Gasteiger charge is -2.12. The van der Waals surface area contributed by atoms with Crippen LogP contribution in [-0.2, 0) is 0 Å². The third-order valence-corrected chi connectivity index (χ3v) is 10.0. The molecule has 240 valence electrons. The Morgan fingerprint density at radius 2 is 0.863 bits per heavy atom. The first-order valence-corrected chi connectivity index (χ1v) is 17.3. The van der Waals surface area contributed by atoms with E-state index >= 15 is 0 Å². The van der Waals surface area contributed by atoms with Crippen LogP contribution in [0.5, 0.6) is 0 Å². The average molecular weight is 653 g/mol. The molecule has 4 nitrogen and oxygen atoms in total. The molecule has 0 spiro atoms. The molecule has 7 aromatic carbocycles. The van der Waals surface area contributed by atoms with Gasteiger partial charge in [0.1, 0.15) is 0 Å². The quantitative estimate of drug-likeness (QED) is 0.185. The van der Waals surface area contributed by atoms with Crippen LogP contribution < -0.4 is 0 Å². The third kappa shape index (κ3) is 4.84. The summed E-state index contributed by atoms with van der Waals surface area (Å²) in [5.41, 5.74) is 13.1. The fourth-order valence-corrected chi connectivity index (χ4v) is 7.54. The first-order chi connectivity index (χ1) is 25.2. The predicted molar refractivity (Wildman–Crippen MR) is 212 cm³/mol. The van der Waals surface area contributed by atoms with Crippen molar-refractivity contribution in [1.29, 1.82) is 0 Å². The van der Waals surface area contributed by atoms with Gasteiger partial charge in [-0.05, 0) is 66.6 Å². The average Bonchev–Trinajstić information content (AvgIpc) is 3.71. The number of hydrogen-bond acceptors (Lipinski definition) is 2. The fraction of sp³-hybridized carbons (Fsp3) is 0.0213. The number of aromatic nitrogens is 4. The molecule has 0 bridgehead atoms. The Morgan fingerprint density at radius 3 is 1.53 bits per heavy atom. The standard InChI is InChI=1S/C47H32N4/c1-31-20-24-36(25-21-31)50-43-18-10-9-17-38(43)40-28-34(23-27-45(40)50)35-22-26-39-37-16-8-11-19-44(37)51(46(39)29-35)47-48-41(32-12-4-2-5-13-32)30-42(49-47)33-14-6-3-7-15-33/h2-30H,1H3. The minimum atomic E-state index is 0.648. The zero-order chi connectivity index (χ0) is 33.9. The minimum Gasteiger partial charge on any atom is -0.309 e. The molecule has 0 N–H and O–H groups in total. The van der Waals surface area contributed by atoms with Gasteiger partial charge in [0, 0.05) is 38.4 Å². The van der Waals surface area contributed by atoms with Crippen molar-refractivity contribution in [2.45, 2.75) is 6.92 Å². The van der Waals surface area contributed by atoms with E-state index in [2.05, 4.69) is 180 Å². The second-order valence-corrected chi connectivity index (χ2v) is 13.2. The van der Waals surface area contributed by atoms with Crippen molar-refractivity contribution < 1.29 is 0 Å². The molecule has 0 fully saturated rings. The Labute approximate surface area is 295 Å². The summed E-state index contributed by atoms with van der Waals surface area (Å²) >= 11 is 0. The van der Waals surface area contributed by atoms with Crippen LogP contribution >= 0.6 is 0 Å². The maximum atomic E-state index is 5.24. The lowest BCUT2D eigenvalue weighted by molar-refractivity contribution is 0.996. The number of para-hydroxylation sites is 2. The third-order valence-electron chi connectivity index (χ3n) is 10.0. The van der Waals surface area contributed by atoms with Gasteiger partial charge in [-0.25, -0.2) is 9.97 Å². The van der Waals surface area contributed by atoms with Crippen LogP contribution in [0.4, 0.5) is 0 Å². The largest absolute Gasteiger partial charge is 0.309 e. The van der Waals surface area contributed by atoms with Crippen molar-refractivity contribution >= 4 is 43.6 Å². The molecule has 51 heavy (non-hydrogen) atoms. The summed E-state index contributed by atoms with van der Waals surface area (Å²) in [5, 5.41) is 4.81. The lowest BCUT2D eigenvalue weighted by Crippen LogP contribution is -2.04. The fourth-order valence-electron chi connectivity index (χ4n) is 7.54. The number of aryl methyl sites for hydroxylation is 1. The van der Waals surface area contributed by atoms with Crippen molar-refractivity contribution in [3.8, 4) is 45.3 Å². The maximum absolute atomic E-state index is 5.24. The van der Waals surface area contributed by atoms with Crippen LogP contribution in [0.1, 0.15) is 5.56 Å². The molecule has 0 aliphatic carbocycles. The Hall–Kier alpha value is -6.78. The van der Waals surface area contributed by atoms with E-state index in [4.69, 9.17) is 9.97 Å². The van der Waals surface area contributed by atoms with E-state index in [-0.39, 0.29) is 0 Å². The highest BCUT2D eigenvalue weighted by Gasteiger charge is 2.19. The molecule has 3 aromatic heterocycles. The van der Waals surface area contributed by atoms with Crippen molar-refractivity contribution in [3.05, 3.63) is 181 Å². The summed E-state index contributed by atoms with van der Waals surface area (Å²) in [6, 6.07) is 62.5. The Balaban J connectivity index is 1.20. The van der Waals surface area contributed by atoms with Crippen molar-refractivity contribution in [2.75, 3.05) is 0 Å². The molecule has 0 radical (unpaired) electrons. The number of fused-ring (bicyclic) bond motifs is 6. The zero-order valence-electron chi connectivity index (χ0n) is 28.0. The molecule has 0 saturated heterocycles. The summed E-state index contributed by atoms with van der Waals surface area (Å²) in [7, 11) is 0. The second-order valence-electron chi connectivity index (χ2n) is 13.2. The molecule has 0 aliphatic rings. The number of rotatable bonds is 5. The Kier molecular flexibility index (Phi) is 6.68. The normalized spacial score (nSPS) is 11.6. The van der Waals surface area contributed by atoms with Gasteiger partial charge in [0.15, 0.2) is 0 Å². The lowest BCUT2D eigenvalue weighted by atomic mass is 10.0. The molecule has 10 rings (SSSR count). The monoisotopic (exact) mass is 652 g/mol. The minimum absolute atomic E-state index is 0.648. The SMILES string of the molecule is Cc1ccc(-n2c3ccccc3c3cc(-c4ccc5c6ccccc6n(-c6nc(-c7ccccc7)cc(-c7ccccc7)n6)c5c4)ccc32)cc1. The number of hydrogen-bond donors (Lipinski definition) is 0. The molecular weight excluding hydrogens is 621 g/mol. The maximum Gasteiger partial charge on any atom is 0.235 e. The highest BCUT2D eigenvalue weighted by Crippen LogP contribution is 2.38. The van der Waals surface area contributed by atoms with Crippen LogP contribution in [0.15, 0.2) is 176 Å². The first-order valence-electron chi connectivity index (χ1n) is 17.3. The van der Waals surface area contributed by atoms with Gasteiger partial charge in [-0.1, -0.05) is 133 Å². The van der Waals surface area contributed by atoms with Gasteiger partial charge in [0.05, 0.1) is 33.5 Å². The van der Waals surface area contributed by atoms with Crippen LogP contribution in [0.3, 0.4) is 0 Å². The summed E-state index contributed by atoms with van der Waals surface area (Å²) in [6.07, 6.45) is 0. The van der Waals surface area contributed by atoms with E-state index in [0.717, 1.165) is 50.4 Å². The van der Waals surface area contributed by atoms with E-state index in [0.29, 0.717) is 5.95 Å². The van der Waals surface area contributed by atoms with Gasteiger partial charge in [0.25, 0.3) is 0 Å². The Bertz CT molecular complexity index is 2840. The van der Waals surface area contributed by atoms with Crippen LogP contribution in [0.25, 0.3) is 88.9 Å². The highest BCUT2D eigenvalue weighted by molar-refractivity contribution is 6.12. The molecule has 0 atom stereocenters. The van der Waals surface area contributed by atoms with Gasteiger partial charge >= 0.3 is 0 Å². The summed E-state index contributed by atoms with van der Waals surface area (Å²) in [5.74, 6) is 0.648. The molecule has 3 heterocycles. The molecule has 0 saturated carbocycles. The molecule has 10 aromatic rings. The van der Waals surface area contributed by atoms with E-state index in [1.54, 1.807) is 0 Å². The molecule has 0 aliphatic heterocycles.